The molecule has 1 N–H and O–H groups in total. The number of aryl methyl sites for hydroxylation is 4. The van der Waals surface area contributed by atoms with Crippen LogP contribution >= 0.6 is 0 Å². The number of halogens is 7. The maximum absolute atomic E-state index is 16.1. The molecular weight excluding hydrogens is 695 g/mol. The number of carbonyl (C=O) groups is 2. The second kappa shape index (κ2) is 17.1. The van der Waals surface area contributed by atoms with Crippen LogP contribution in [-0.4, -0.2) is 48.6 Å². The minimum absolute atomic E-state index is 0.0121. The lowest BCUT2D eigenvalue weighted by molar-refractivity contribution is -0.144. The molecule has 0 radical (unpaired) electrons. The van der Waals surface area contributed by atoms with Crippen molar-refractivity contribution in [3.8, 4) is 11.1 Å². The molecule has 14 heteroatoms. The third kappa shape index (κ3) is 10.7. The first-order chi connectivity index (χ1) is 24.0. The molecule has 3 aromatic rings. The van der Waals surface area contributed by atoms with Crippen molar-refractivity contribution in [3.63, 3.8) is 0 Å². The number of rotatable bonds is 14. The van der Waals surface area contributed by atoms with Gasteiger partial charge in [0.2, 0.25) is 5.91 Å². The number of hydrogen-bond donors (Lipinski definition) is 1. The van der Waals surface area contributed by atoms with Crippen molar-refractivity contribution in [2.45, 2.75) is 91.7 Å². The highest BCUT2D eigenvalue weighted by Crippen LogP contribution is 2.40. The lowest BCUT2D eigenvalue weighted by Crippen LogP contribution is -2.41. The summed E-state index contributed by atoms with van der Waals surface area (Å²) in [6.07, 6.45) is -9.69. The molecule has 3 rings (SSSR count). The molecule has 1 amide bonds. The fourth-order valence-corrected chi connectivity index (χ4v) is 6.46. The van der Waals surface area contributed by atoms with Gasteiger partial charge in [0.15, 0.2) is 0 Å². The molecule has 0 saturated carbocycles. The minimum atomic E-state index is -5.17. The van der Waals surface area contributed by atoms with E-state index in [1.807, 2.05) is 6.92 Å². The summed E-state index contributed by atoms with van der Waals surface area (Å²) >= 11 is 0. The van der Waals surface area contributed by atoms with Crippen LogP contribution in [0.15, 0.2) is 41.3 Å². The highest BCUT2D eigenvalue weighted by atomic mass is 19.4. The topological polar surface area (TPSA) is 80.6 Å². The van der Waals surface area contributed by atoms with E-state index < -0.39 is 70.8 Å². The van der Waals surface area contributed by atoms with Crippen molar-refractivity contribution in [1.82, 2.24) is 14.8 Å². The zero-order valence-electron chi connectivity index (χ0n) is 30.6. The van der Waals surface area contributed by atoms with Crippen LogP contribution in [0.2, 0.25) is 0 Å². The largest absolute Gasteiger partial charge is 0.466 e. The molecule has 0 bridgehead atoms. The van der Waals surface area contributed by atoms with Gasteiger partial charge in [-0.15, -0.1) is 0 Å². The number of nitrogens with one attached hydrogen (secondary N) is 1. The maximum Gasteiger partial charge on any atom is 0.419 e. The summed E-state index contributed by atoms with van der Waals surface area (Å²) in [4.78, 5) is 42.0. The molecule has 0 saturated heterocycles. The van der Waals surface area contributed by atoms with E-state index in [0.29, 0.717) is 41.8 Å². The van der Waals surface area contributed by atoms with Crippen molar-refractivity contribution in [1.29, 1.82) is 0 Å². The number of hydrogen-bond acceptors (Lipinski definition) is 5. The molecule has 2 aromatic carbocycles. The van der Waals surface area contributed by atoms with Crippen LogP contribution in [-0.2, 0) is 33.1 Å². The third-order valence-corrected chi connectivity index (χ3v) is 8.59. The van der Waals surface area contributed by atoms with Gasteiger partial charge in [0.05, 0.1) is 30.2 Å². The van der Waals surface area contributed by atoms with E-state index in [0.717, 1.165) is 22.4 Å². The number of carbonyl (C=O) groups excluding carboxylic acids is 2. The number of amides is 1. The minimum Gasteiger partial charge on any atom is -0.466 e. The Morgan fingerprint density at radius 3 is 2.04 bits per heavy atom. The van der Waals surface area contributed by atoms with E-state index in [2.05, 4.69) is 5.32 Å². The summed E-state index contributed by atoms with van der Waals surface area (Å²) in [6, 6.07) is 2.55. The number of pyridine rings is 1. The van der Waals surface area contributed by atoms with Gasteiger partial charge in [-0.05, 0) is 113 Å². The van der Waals surface area contributed by atoms with Crippen LogP contribution in [0.1, 0.15) is 91.1 Å². The lowest BCUT2D eigenvalue weighted by Gasteiger charge is -2.27. The molecule has 1 heterocycles. The normalized spacial score (nSPS) is 13.4. The van der Waals surface area contributed by atoms with Crippen molar-refractivity contribution in [2.24, 2.45) is 5.92 Å². The fraction of sp³-hybridized carbons (Fsp3) is 0.500. The molecule has 1 aromatic heterocycles. The molecular formula is C38H46F7N3O4. The van der Waals surface area contributed by atoms with Crippen LogP contribution < -0.4 is 10.9 Å². The van der Waals surface area contributed by atoms with Gasteiger partial charge in [0, 0.05) is 17.8 Å². The summed E-state index contributed by atoms with van der Waals surface area (Å²) in [5.74, 6) is -3.99. The quantitative estimate of drug-likeness (QED) is 0.132. The Hall–Kier alpha value is -4.20. The number of ether oxygens (including phenoxy) is 1. The van der Waals surface area contributed by atoms with Gasteiger partial charge in [0.25, 0.3) is 5.56 Å². The van der Waals surface area contributed by atoms with Crippen LogP contribution in [0.3, 0.4) is 0 Å². The molecule has 0 aliphatic rings. The van der Waals surface area contributed by atoms with Gasteiger partial charge in [0.1, 0.15) is 11.9 Å². The van der Waals surface area contributed by atoms with Gasteiger partial charge in [-0.3, -0.25) is 14.4 Å². The van der Waals surface area contributed by atoms with E-state index >= 15 is 4.39 Å². The van der Waals surface area contributed by atoms with Gasteiger partial charge >= 0.3 is 18.3 Å². The highest BCUT2D eigenvalue weighted by Gasteiger charge is 2.39. The molecule has 0 aliphatic carbocycles. The second-order valence-electron chi connectivity index (χ2n) is 13.8. The predicted molar refractivity (Wildman–Crippen MR) is 184 cm³/mol. The molecule has 0 fully saturated rings. The average molecular weight is 742 g/mol. The summed E-state index contributed by atoms with van der Waals surface area (Å²) in [5, 5.41) is 2.48. The van der Waals surface area contributed by atoms with E-state index in [4.69, 9.17) is 4.74 Å². The van der Waals surface area contributed by atoms with Crippen LogP contribution in [0.5, 0.6) is 0 Å². The fourth-order valence-electron chi connectivity index (χ4n) is 6.46. The smallest absolute Gasteiger partial charge is 0.419 e. The van der Waals surface area contributed by atoms with Crippen LogP contribution in [0, 0.1) is 32.5 Å². The summed E-state index contributed by atoms with van der Waals surface area (Å²) in [6.45, 7) is 10.4. The van der Waals surface area contributed by atoms with Gasteiger partial charge in [-0.25, -0.2) is 4.39 Å². The number of nitrogens with zero attached hydrogens (tertiary/aromatic N) is 2. The molecule has 2 atom stereocenters. The molecule has 1 unspecified atom stereocenters. The molecule has 52 heavy (non-hydrogen) atoms. The van der Waals surface area contributed by atoms with Crippen molar-refractivity contribution in [3.05, 3.63) is 91.6 Å². The first-order valence-electron chi connectivity index (χ1n) is 17.0. The van der Waals surface area contributed by atoms with Crippen LogP contribution in [0.25, 0.3) is 11.1 Å². The molecule has 7 nitrogen and oxygen atoms in total. The molecule has 286 valence electrons. The maximum atomic E-state index is 16.1. The lowest BCUT2D eigenvalue weighted by atomic mass is 9.89. The molecule has 0 spiro atoms. The zero-order chi connectivity index (χ0) is 39.3. The van der Waals surface area contributed by atoms with Crippen molar-refractivity contribution < 1.29 is 45.1 Å². The number of esters is 1. The van der Waals surface area contributed by atoms with E-state index in [1.165, 1.54) is 6.92 Å². The third-order valence-electron chi connectivity index (χ3n) is 8.59. The summed E-state index contributed by atoms with van der Waals surface area (Å²) in [7, 11) is 3.50. The van der Waals surface area contributed by atoms with E-state index in [-0.39, 0.29) is 36.5 Å². The number of benzene rings is 2. The van der Waals surface area contributed by atoms with Gasteiger partial charge in [-0.1, -0.05) is 31.5 Å². The first kappa shape index (κ1) is 42.2. The Labute approximate surface area is 299 Å². The Balaban J connectivity index is 2.26. The number of aromatic nitrogens is 1. The Morgan fingerprint density at radius 1 is 0.923 bits per heavy atom. The monoisotopic (exact) mass is 741 g/mol. The van der Waals surface area contributed by atoms with Gasteiger partial charge < -0.3 is 19.5 Å². The average Bonchev–Trinajstić information content (AvgIpc) is 2.99. The number of alkyl halides is 6. The SMILES string of the molecule is CCOC(=O)C[C@H](NC(=O)C(CC(C)C)n1cc(CCCN(C)C)c(C(F)(F)F)cc1=O)c1cc(-c2c(C)cc(C)cc2C)cc(C(F)(F)F)c1F. The zero-order valence-corrected chi connectivity index (χ0v) is 30.6. The second-order valence-corrected chi connectivity index (χ2v) is 13.8. The Bertz CT molecular complexity index is 1790. The summed E-state index contributed by atoms with van der Waals surface area (Å²) in [5.41, 5.74) is -2.34. The highest BCUT2D eigenvalue weighted by molar-refractivity contribution is 5.82. The van der Waals surface area contributed by atoms with E-state index in [9.17, 15) is 40.7 Å². The summed E-state index contributed by atoms with van der Waals surface area (Å²) < 4.78 is 107. The van der Waals surface area contributed by atoms with Gasteiger partial charge in [-0.2, -0.15) is 26.3 Å². The van der Waals surface area contributed by atoms with Crippen molar-refractivity contribution in [2.75, 3.05) is 27.2 Å². The predicted octanol–water partition coefficient (Wildman–Crippen LogP) is 8.51. The van der Waals surface area contributed by atoms with Crippen LogP contribution in [0.4, 0.5) is 30.7 Å². The first-order valence-corrected chi connectivity index (χ1v) is 17.0. The standard InChI is InChI=1S/C38H46F7N3O4/c1-9-52-33(50)19-30(27-16-26(17-29(35(27)39)38(43,44)45)34-23(5)14-22(4)15-24(34)6)46-36(51)31(13-21(2)3)48-20-25(11-10-12-47(7)8)28(18-32(48)49)37(40,41)42/h14-18,20-21,30-31H,9-13,19H2,1-8H3,(H,46,51)/t30-,31?/m0/s1. The van der Waals surface area contributed by atoms with E-state index in [1.54, 1.807) is 58.8 Å². The van der Waals surface area contributed by atoms with Crippen molar-refractivity contribution >= 4 is 11.9 Å². The molecule has 0 aliphatic heterocycles. The Kier molecular flexibility index (Phi) is 13.9. The Morgan fingerprint density at radius 2 is 1.52 bits per heavy atom.